The van der Waals surface area contributed by atoms with E-state index in [2.05, 4.69) is 32.9 Å². The lowest BCUT2D eigenvalue weighted by Crippen LogP contribution is -2.49. The first-order valence-electron chi connectivity index (χ1n) is 11.7. The van der Waals surface area contributed by atoms with Crippen LogP contribution in [0.5, 0.6) is 5.75 Å². The number of carbonyl (C=O) groups is 1. The Morgan fingerprint density at radius 3 is 2.47 bits per heavy atom. The number of rotatable bonds is 7. The van der Waals surface area contributed by atoms with Crippen molar-refractivity contribution in [3.63, 3.8) is 0 Å². The first-order valence-corrected chi connectivity index (χ1v) is 11.7. The van der Waals surface area contributed by atoms with E-state index in [9.17, 15) is 4.79 Å². The predicted octanol–water partition coefficient (Wildman–Crippen LogP) is 4.42. The van der Waals surface area contributed by atoms with Gasteiger partial charge >= 0.3 is 6.03 Å². The number of urea groups is 1. The van der Waals surface area contributed by atoms with Crippen molar-refractivity contribution < 1.29 is 9.53 Å². The molecule has 4 rings (SSSR count). The van der Waals surface area contributed by atoms with Crippen LogP contribution in [-0.4, -0.2) is 27.9 Å². The first-order chi connectivity index (χ1) is 16.2. The Bertz CT molecular complexity index is 1210. The quantitative estimate of drug-likeness (QED) is 0.307. The molecule has 0 saturated heterocycles. The zero-order valence-corrected chi connectivity index (χ0v) is 20.6. The van der Waals surface area contributed by atoms with Gasteiger partial charge in [0.05, 0.1) is 17.1 Å². The molecule has 1 heterocycles. The number of aryl methyl sites for hydroxylation is 2. The molecule has 1 aromatic heterocycles. The van der Waals surface area contributed by atoms with Crippen LogP contribution >= 0.6 is 0 Å². The zero-order chi connectivity index (χ0) is 24.6. The van der Waals surface area contributed by atoms with E-state index in [0.717, 1.165) is 63.2 Å². The molecule has 0 aliphatic heterocycles. The van der Waals surface area contributed by atoms with E-state index in [4.69, 9.17) is 21.5 Å². The molecule has 8 nitrogen and oxygen atoms in total. The Labute approximate surface area is 201 Å². The summed E-state index contributed by atoms with van der Waals surface area (Å²) in [6.45, 7) is 8.64. The van der Waals surface area contributed by atoms with Crippen molar-refractivity contribution in [2.24, 2.45) is 11.7 Å². The number of nitrogens with zero attached hydrogens (tertiary/aromatic N) is 4. The van der Waals surface area contributed by atoms with E-state index in [-0.39, 0.29) is 0 Å². The summed E-state index contributed by atoms with van der Waals surface area (Å²) in [4.78, 5) is 12.4. The Kier molecular flexibility index (Phi) is 6.63. The summed E-state index contributed by atoms with van der Waals surface area (Å²) >= 11 is 0. The van der Waals surface area contributed by atoms with Gasteiger partial charge in [-0.05, 0) is 86.9 Å². The molecule has 1 saturated carbocycles. The lowest BCUT2D eigenvalue weighted by Gasteiger charge is -2.25. The second kappa shape index (κ2) is 9.48. The van der Waals surface area contributed by atoms with Crippen molar-refractivity contribution in [3.8, 4) is 11.4 Å². The largest absolute Gasteiger partial charge is 0.489 e. The average Bonchev–Trinajstić information content (AvgIpc) is 3.62. The Morgan fingerprint density at radius 1 is 1.15 bits per heavy atom. The second-order valence-corrected chi connectivity index (χ2v) is 9.04. The third-order valence-electron chi connectivity index (χ3n) is 6.54. The second-order valence-electron chi connectivity index (χ2n) is 9.04. The standard InChI is InChI=1S/C26H34N6O2/c1-6-21-17(3)29-32(18(21)4)20-12-13-25(16(2)14-20)34-15-23-22(19-10-11-19)8-7-9-24(23)31(28)26(33)30(5)27/h7-9,12-14,19H,6,10-11,15,27-28H2,1-5H3. The summed E-state index contributed by atoms with van der Waals surface area (Å²) in [6, 6.07) is 11.4. The lowest BCUT2D eigenvalue weighted by atomic mass is 10.0. The number of aromatic nitrogens is 2. The number of anilines is 1. The molecule has 180 valence electrons. The molecule has 1 aliphatic carbocycles. The van der Waals surface area contributed by atoms with Gasteiger partial charge in [-0.1, -0.05) is 19.1 Å². The summed E-state index contributed by atoms with van der Waals surface area (Å²) in [7, 11) is 1.47. The van der Waals surface area contributed by atoms with Gasteiger partial charge in [-0.2, -0.15) is 5.10 Å². The highest BCUT2D eigenvalue weighted by Gasteiger charge is 2.29. The molecular weight excluding hydrogens is 428 g/mol. The van der Waals surface area contributed by atoms with E-state index < -0.39 is 6.03 Å². The lowest BCUT2D eigenvalue weighted by molar-refractivity contribution is 0.216. The number of ether oxygens (including phenoxy) is 1. The number of benzene rings is 2. The van der Waals surface area contributed by atoms with Crippen LogP contribution in [0.3, 0.4) is 0 Å². The third kappa shape index (κ3) is 4.51. The fourth-order valence-electron chi connectivity index (χ4n) is 4.54. The van der Waals surface area contributed by atoms with Crippen LogP contribution in [0.2, 0.25) is 0 Å². The summed E-state index contributed by atoms with van der Waals surface area (Å²) < 4.78 is 8.27. The van der Waals surface area contributed by atoms with Gasteiger partial charge in [-0.15, -0.1) is 0 Å². The Hall–Kier alpha value is -3.36. The molecule has 8 heteroatoms. The maximum atomic E-state index is 12.4. The molecule has 0 unspecified atom stereocenters. The molecule has 2 aromatic carbocycles. The van der Waals surface area contributed by atoms with Gasteiger partial charge in [0.25, 0.3) is 0 Å². The highest BCUT2D eigenvalue weighted by Crippen LogP contribution is 2.44. The van der Waals surface area contributed by atoms with Gasteiger partial charge in [0.2, 0.25) is 0 Å². The molecule has 34 heavy (non-hydrogen) atoms. The van der Waals surface area contributed by atoms with Crippen molar-refractivity contribution in [3.05, 3.63) is 70.0 Å². The zero-order valence-electron chi connectivity index (χ0n) is 20.6. The number of amides is 2. The third-order valence-corrected chi connectivity index (χ3v) is 6.54. The van der Waals surface area contributed by atoms with Gasteiger partial charge < -0.3 is 4.74 Å². The molecule has 1 aliphatic rings. The maximum Gasteiger partial charge on any atom is 0.352 e. The van der Waals surface area contributed by atoms with Crippen LogP contribution < -0.4 is 21.4 Å². The van der Waals surface area contributed by atoms with Crippen LogP contribution in [0.4, 0.5) is 10.5 Å². The fraction of sp³-hybridized carbons (Fsp3) is 0.385. The topological polar surface area (TPSA) is 103 Å². The van der Waals surface area contributed by atoms with Crippen LogP contribution in [0.15, 0.2) is 36.4 Å². The molecule has 0 atom stereocenters. The van der Waals surface area contributed by atoms with Crippen molar-refractivity contribution in [1.29, 1.82) is 0 Å². The highest BCUT2D eigenvalue weighted by molar-refractivity contribution is 5.91. The van der Waals surface area contributed by atoms with Gasteiger partial charge in [0, 0.05) is 18.3 Å². The van der Waals surface area contributed by atoms with Gasteiger partial charge in [0.15, 0.2) is 0 Å². The van der Waals surface area contributed by atoms with Crippen LogP contribution in [-0.2, 0) is 13.0 Å². The monoisotopic (exact) mass is 462 g/mol. The first kappa shape index (κ1) is 23.8. The van der Waals surface area contributed by atoms with Crippen LogP contribution in [0.1, 0.15) is 59.3 Å². The molecule has 1 fully saturated rings. The van der Waals surface area contributed by atoms with Crippen molar-refractivity contribution >= 4 is 11.7 Å². The number of hydrazine groups is 2. The van der Waals surface area contributed by atoms with Crippen LogP contribution in [0, 0.1) is 20.8 Å². The fourth-order valence-corrected chi connectivity index (χ4v) is 4.54. The van der Waals surface area contributed by atoms with Gasteiger partial charge in [-0.3, -0.25) is 5.01 Å². The molecule has 4 N–H and O–H groups in total. The van der Waals surface area contributed by atoms with Crippen molar-refractivity contribution in [2.75, 3.05) is 12.1 Å². The van der Waals surface area contributed by atoms with E-state index in [0.29, 0.717) is 18.2 Å². The molecule has 0 bridgehead atoms. The molecular formula is C26H34N6O2. The molecule has 0 spiro atoms. The van der Waals surface area contributed by atoms with Crippen molar-refractivity contribution in [1.82, 2.24) is 14.8 Å². The number of nitrogens with two attached hydrogens (primary N) is 2. The molecule has 3 aromatic rings. The summed E-state index contributed by atoms with van der Waals surface area (Å²) in [5.74, 6) is 13.0. The van der Waals surface area contributed by atoms with Crippen molar-refractivity contribution in [2.45, 2.75) is 59.5 Å². The Balaban J connectivity index is 1.61. The van der Waals surface area contributed by atoms with Gasteiger partial charge in [-0.25, -0.2) is 26.2 Å². The summed E-state index contributed by atoms with van der Waals surface area (Å²) in [5.41, 5.74) is 8.22. The minimum atomic E-state index is -0.494. The molecule has 2 amide bonds. The van der Waals surface area contributed by atoms with Gasteiger partial charge in [0.1, 0.15) is 12.4 Å². The van der Waals surface area contributed by atoms with E-state index in [1.165, 1.54) is 18.2 Å². The van der Waals surface area contributed by atoms with E-state index in [1.54, 1.807) is 0 Å². The number of hydrogen-bond acceptors (Lipinski definition) is 5. The Morgan fingerprint density at radius 2 is 1.88 bits per heavy atom. The average molecular weight is 463 g/mol. The summed E-state index contributed by atoms with van der Waals surface area (Å²) in [6.07, 6.45) is 3.21. The number of hydrogen-bond donors (Lipinski definition) is 2. The smallest absolute Gasteiger partial charge is 0.352 e. The highest BCUT2D eigenvalue weighted by atomic mass is 16.5. The van der Waals surface area contributed by atoms with Crippen LogP contribution in [0.25, 0.3) is 5.69 Å². The predicted molar refractivity (Wildman–Crippen MR) is 134 cm³/mol. The summed E-state index contributed by atoms with van der Waals surface area (Å²) in [5, 5.41) is 6.79. The number of carbonyl (C=O) groups excluding carboxylic acids is 1. The minimum absolute atomic E-state index is 0.303. The van der Waals surface area contributed by atoms with E-state index >= 15 is 0 Å². The SMILES string of the molecule is CCc1c(C)nn(-c2ccc(OCc3c(C4CC4)cccc3N(N)C(=O)N(C)N)c(C)c2)c1C. The molecule has 0 radical (unpaired) electrons. The van der Waals surface area contributed by atoms with E-state index in [1.807, 2.05) is 35.9 Å². The normalized spacial score (nSPS) is 13.1. The maximum absolute atomic E-state index is 12.4. The minimum Gasteiger partial charge on any atom is -0.489 e.